The van der Waals surface area contributed by atoms with Crippen molar-refractivity contribution in [3.8, 4) is 0 Å². The number of hydrogen-bond acceptors (Lipinski definition) is 2. The first-order valence-corrected chi connectivity index (χ1v) is 8.41. The molecule has 0 aromatic heterocycles. The number of rotatable bonds is 11. The zero-order valence-electron chi connectivity index (χ0n) is 14.0. The van der Waals surface area contributed by atoms with Crippen LogP contribution in [0.2, 0.25) is 0 Å². The van der Waals surface area contributed by atoms with E-state index in [9.17, 15) is 0 Å². The zero-order valence-corrected chi connectivity index (χ0v) is 15.7. The summed E-state index contributed by atoms with van der Waals surface area (Å²) in [5.41, 5.74) is 6.20. The minimum atomic E-state index is -0.101. The highest BCUT2D eigenvalue weighted by atomic mass is 79.9. The van der Waals surface area contributed by atoms with E-state index < -0.39 is 0 Å². The van der Waals surface area contributed by atoms with Crippen molar-refractivity contribution in [3.63, 3.8) is 0 Å². The van der Waals surface area contributed by atoms with Crippen molar-refractivity contribution in [2.24, 2.45) is 11.7 Å². The second-order valence-electron chi connectivity index (χ2n) is 7.00. The molecule has 2 N–H and O–H groups in total. The molecular formula is C17H36BrNO. The third kappa shape index (κ3) is 7.99. The van der Waals surface area contributed by atoms with E-state index in [-0.39, 0.29) is 22.5 Å². The molecular weight excluding hydrogens is 314 g/mol. The second kappa shape index (κ2) is 10.2. The molecule has 0 radical (unpaired) electrons. The fraction of sp³-hybridized carbons (Fsp3) is 1.00. The van der Waals surface area contributed by atoms with Crippen LogP contribution in [0.3, 0.4) is 0 Å². The Bertz CT molecular complexity index is 240. The lowest BCUT2D eigenvalue weighted by atomic mass is 9.81. The molecule has 1 fully saturated rings. The van der Waals surface area contributed by atoms with Crippen molar-refractivity contribution in [2.45, 2.75) is 103 Å². The molecule has 3 heteroatoms. The Hall–Kier alpha value is 0.400. The number of halogens is 1. The average molecular weight is 350 g/mol. The predicted molar refractivity (Wildman–Crippen MR) is 93.6 cm³/mol. The number of ether oxygens (including phenoxy) is 1. The van der Waals surface area contributed by atoms with Gasteiger partial charge < -0.3 is 10.5 Å². The molecule has 1 saturated heterocycles. The quantitative estimate of drug-likeness (QED) is 0.409. The number of nitrogens with two attached hydrogens (primary N) is 1. The van der Waals surface area contributed by atoms with Crippen LogP contribution >= 0.6 is 17.0 Å². The summed E-state index contributed by atoms with van der Waals surface area (Å²) in [5, 5.41) is 0. The lowest BCUT2D eigenvalue weighted by Gasteiger charge is -2.29. The fourth-order valence-electron chi connectivity index (χ4n) is 3.08. The summed E-state index contributed by atoms with van der Waals surface area (Å²) in [7, 11) is 0. The maximum atomic E-state index is 6.30. The molecule has 0 spiro atoms. The second-order valence-corrected chi connectivity index (χ2v) is 7.00. The Balaban J connectivity index is 0.00000361. The van der Waals surface area contributed by atoms with Gasteiger partial charge in [-0.3, -0.25) is 0 Å². The van der Waals surface area contributed by atoms with Crippen LogP contribution in [0.1, 0.15) is 85.5 Å². The highest BCUT2D eigenvalue weighted by Gasteiger charge is 2.45. The summed E-state index contributed by atoms with van der Waals surface area (Å²) in [5.74, 6) is 0.530. The Labute approximate surface area is 137 Å². The monoisotopic (exact) mass is 349 g/mol. The number of unbranched alkanes of at least 4 members (excludes halogenated alkanes) is 7. The molecule has 0 amide bonds. The molecule has 20 heavy (non-hydrogen) atoms. The van der Waals surface area contributed by atoms with E-state index >= 15 is 0 Å². The van der Waals surface area contributed by atoms with Crippen LogP contribution < -0.4 is 5.73 Å². The summed E-state index contributed by atoms with van der Waals surface area (Å²) >= 11 is 0. The van der Waals surface area contributed by atoms with Crippen molar-refractivity contribution in [1.29, 1.82) is 0 Å². The summed E-state index contributed by atoms with van der Waals surface area (Å²) in [6.45, 7) is 8.74. The van der Waals surface area contributed by atoms with E-state index in [2.05, 4.69) is 27.7 Å². The standard InChI is InChI=1S/C17H35NO.BrH/c1-5-6-7-8-9-10-11-12-13-15(17(3,4)18)16-14(2)19-16;/h14-16H,5-13,18H2,1-4H3;1H. The molecule has 3 atom stereocenters. The molecule has 0 aromatic carbocycles. The third-order valence-electron chi connectivity index (χ3n) is 4.48. The number of epoxide rings is 1. The van der Waals surface area contributed by atoms with Crippen molar-refractivity contribution in [2.75, 3.05) is 0 Å². The molecule has 0 bridgehead atoms. The van der Waals surface area contributed by atoms with Crippen LogP contribution in [0.4, 0.5) is 0 Å². The van der Waals surface area contributed by atoms with Gasteiger partial charge in [-0.2, -0.15) is 0 Å². The molecule has 1 rings (SSSR count). The van der Waals surface area contributed by atoms with E-state index in [1.165, 1.54) is 57.8 Å². The van der Waals surface area contributed by atoms with Gasteiger partial charge in [0.1, 0.15) is 0 Å². The first-order valence-electron chi connectivity index (χ1n) is 8.41. The van der Waals surface area contributed by atoms with Crippen LogP contribution in [-0.4, -0.2) is 17.7 Å². The van der Waals surface area contributed by atoms with Gasteiger partial charge in [0.05, 0.1) is 12.2 Å². The predicted octanol–water partition coefficient (Wildman–Crippen LogP) is 5.24. The van der Waals surface area contributed by atoms with Gasteiger partial charge in [0.2, 0.25) is 0 Å². The van der Waals surface area contributed by atoms with Gasteiger partial charge in [-0.05, 0) is 27.2 Å². The first kappa shape index (κ1) is 20.4. The van der Waals surface area contributed by atoms with E-state index in [0.717, 1.165) is 0 Å². The molecule has 1 aliphatic heterocycles. The van der Waals surface area contributed by atoms with Gasteiger partial charge in [-0.1, -0.05) is 58.3 Å². The molecule has 2 nitrogen and oxygen atoms in total. The number of hydrogen-bond donors (Lipinski definition) is 1. The highest BCUT2D eigenvalue weighted by molar-refractivity contribution is 8.93. The minimum Gasteiger partial charge on any atom is -0.370 e. The summed E-state index contributed by atoms with van der Waals surface area (Å²) in [6.07, 6.45) is 13.1. The molecule has 1 aliphatic rings. The normalized spacial score (nSPS) is 23.2. The molecule has 0 saturated carbocycles. The highest BCUT2D eigenvalue weighted by Crippen LogP contribution is 2.37. The molecule has 0 aliphatic carbocycles. The van der Waals surface area contributed by atoms with Gasteiger partial charge >= 0.3 is 0 Å². The van der Waals surface area contributed by atoms with Crippen molar-refractivity contribution < 1.29 is 4.74 Å². The Kier molecular flexibility index (Phi) is 10.4. The SMILES string of the molecule is Br.CCCCCCCCCCC(C1OC1C)C(C)(C)N. The summed E-state index contributed by atoms with van der Waals surface area (Å²) < 4.78 is 5.65. The van der Waals surface area contributed by atoms with Gasteiger partial charge in [-0.25, -0.2) is 0 Å². The van der Waals surface area contributed by atoms with Crippen LogP contribution in [0.25, 0.3) is 0 Å². The van der Waals surface area contributed by atoms with Crippen LogP contribution in [0.15, 0.2) is 0 Å². The minimum absolute atomic E-state index is 0. The Morgan fingerprint density at radius 2 is 1.45 bits per heavy atom. The van der Waals surface area contributed by atoms with Crippen molar-refractivity contribution in [3.05, 3.63) is 0 Å². The third-order valence-corrected chi connectivity index (χ3v) is 4.48. The van der Waals surface area contributed by atoms with Crippen molar-refractivity contribution in [1.82, 2.24) is 0 Å². The van der Waals surface area contributed by atoms with Gasteiger partial charge in [0.25, 0.3) is 0 Å². The fourth-order valence-corrected chi connectivity index (χ4v) is 3.08. The van der Waals surface area contributed by atoms with Crippen LogP contribution in [0, 0.1) is 5.92 Å². The van der Waals surface area contributed by atoms with E-state index in [1.54, 1.807) is 0 Å². The summed E-state index contributed by atoms with van der Waals surface area (Å²) in [4.78, 5) is 0. The Morgan fingerprint density at radius 1 is 1.00 bits per heavy atom. The topological polar surface area (TPSA) is 38.5 Å². The Morgan fingerprint density at radius 3 is 1.85 bits per heavy atom. The van der Waals surface area contributed by atoms with Crippen LogP contribution in [0.5, 0.6) is 0 Å². The van der Waals surface area contributed by atoms with E-state index in [1.807, 2.05) is 0 Å². The maximum absolute atomic E-state index is 6.30. The first-order chi connectivity index (χ1) is 8.96. The van der Waals surface area contributed by atoms with Gasteiger partial charge in [0, 0.05) is 11.5 Å². The molecule has 1 heterocycles. The van der Waals surface area contributed by atoms with E-state index in [0.29, 0.717) is 18.1 Å². The smallest absolute Gasteiger partial charge is 0.0884 e. The van der Waals surface area contributed by atoms with E-state index in [4.69, 9.17) is 10.5 Å². The van der Waals surface area contributed by atoms with Gasteiger partial charge in [0.15, 0.2) is 0 Å². The zero-order chi connectivity index (χ0) is 14.3. The molecule has 3 unspecified atom stereocenters. The molecule has 122 valence electrons. The summed E-state index contributed by atoms with van der Waals surface area (Å²) in [6, 6.07) is 0. The average Bonchev–Trinajstić information content (AvgIpc) is 3.02. The molecule has 0 aromatic rings. The lowest BCUT2D eigenvalue weighted by Crippen LogP contribution is -2.44. The van der Waals surface area contributed by atoms with Crippen LogP contribution in [-0.2, 0) is 4.74 Å². The maximum Gasteiger partial charge on any atom is 0.0884 e. The van der Waals surface area contributed by atoms with Crippen molar-refractivity contribution >= 4 is 17.0 Å². The largest absolute Gasteiger partial charge is 0.370 e. The lowest BCUT2D eigenvalue weighted by molar-refractivity contribution is 0.220. The van der Waals surface area contributed by atoms with Gasteiger partial charge in [-0.15, -0.1) is 17.0 Å².